The van der Waals surface area contributed by atoms with Gasteiger partial charge in [0.2, 0.25) is 5.95 Å². The van der Waals surface area contributed by atoms with Gasteiger partial charge in [-0.25, -0.2) is 9.97 Å². The lowest BCUT2D eigenvalue weighted by atomic mass is 9.72. The van der Waals surface area contributed by atoms with Crippen LogP contribution in [0.4, 0.5) is 5.95 Å². The molecule has 5 aromatic rings. The minimum absolute atomic E-state index is 0.00726. The van der Waals surface area contributed by atoms with Gasteiger partial charge in [-0.05, 0) is 50.3 Å². The molecular weight excluding hydrogens is 622 g/mol. The van der Waals surface area contributed by atoms with E-state index in [-0.39, 0.29) is 28.5 Å². The Kier molecular flexibility index (Phi) is 7.61. The van der Waals surface area contributed by atoms with Crippen molar-refractivity contribution in [2.75, 3.05) is 45.3 Å². The fourth-order valence-corrected chi connectivity index (χ4v) is 7.91. The van der Waals surface area contributed by atoms with Crippen molar-refractivity contribution in [2.24, 2.45) is 5.41 Å². The summed E-state index contributed by atoms with van der Waals surface area (Å²) in [5, 5.41) is 1.29. The summed E-state index contributed by atoms with van der Waals surface area (Å²) < 4.78 is 12.6. The molecule has 2 aromatic carbocycles. The van der Waals surface area contributed by atoms with E-state index in [0.717, 1.165) is 68.2 Å². The molecule has 2 aliphatic heterocycles. The third kappa shape index (κ3) is 5.39. The Hall–Kier alpha value is -5.26. The standard InChI is InChI=1S/C37H39N7O5/c1-22-16-30(45)44(25-6-4-5-7-25)33-27(22)19-38-36(41-33)42-14-12-37(13-15-42)20-43(21-37)35(47)24-10-8-23(9-11-24)32-39-28-17-26(48-2)18-29(49-3)31(28)34(46)40-32/h8-11,16-19,25H,4-7,12-15,20-21H2,1-3H3,(H,39,40,46). The van der Waals surface area contributed by atoms with Gasteiger partial charge in [0.1, 0.15) is 28.4 Å². The van der Waals surface area contributed by atoms with E-state index < -0.39 is 0 Å². The molecule has 1 amide bonds. The number of rotatable bonds is 6. The minimum atomic E-state index is -0.317. The zero-order valence-corrected chi connectivity index (χ0v) is 28.0. The quantitative estimate of drug-likeness (QED) is 0.270. The maximum atomic E-state index is 13.4. The maximum Gasteiger partial charge on any atom is 0.262 e. The Balaban J connectivity index is 0.935. The summed E-state index contributed by atoms with van der Waals surface area (Å²) in [5.41, 5.74) is 3.19. The van der Waals surface area contributed by atoms with Gasteiger partial charge in [-0.1, -0.05) is 25.0 Å². The highest BCUT2D eigenvalue weighted by Gasteiger charge is 2.47. The first-order chi connectivity index (χ1) is 23.8. The molecule has 0 atom stereocenters. The monoisotopic (exact) mass is 661 g/mol. The van der Waals surface area contributed by atoms with Crippen LogP contribution in [0.15, 0.2) is 58.3 Å². The summed E-state index contributed by atoms with van der Waals surface area (Å²) in [6.45, 7) is 4.98. The number of aryl methyl sites for hydroxylation is 1. The Labute approximate surface area is 282 Å². The minimum Gasteiger partial charge on any atom is -0.497 e. The number of hydrogen-bond acceptors (Lipinski definition) is 9. The Bertz CT molecular complexity index is 2210. The first-order valence-corrected chi connectivity index (χ1v) is 17.0. The maximum absolute atomic E-state index is 13.4. The molecule has 252 valence electrons. The van der Waals surface area contributed by atoms with E-state index in [1.54, 1.807) is 49.6 Å². The molecule has 0 radical (unpaired) electrons. The number of fused-ring (bicyclic) bond motifs is 2. The van der Waals surface area contributed by atoms with Gasteiger partial charge >= 0.3 is 0 Å². The van der Waals surface area contributed by atoms with Crippen molar-refractivity contribution >= 4 is 33.8 Å². The lowest BCUT2D eigenvalue weighted by Crippen LogP contribution is -2.62. The zero-order valence-electron chi connectivity index (χ0n) is 28.0. The Morgan fingerprint density at radius 3 is 2.39 bits per heavy atom. The van der Waals surface area contributed by atoms with E-state index in [0.29, 0.717) is 58.4 Å². The summed E-state index contributed by atoms with van der Waals surface area (Å²) in [6.07, 6.45) is 8.06. The highest BCUT2D eigenvalue weighted by atomic mass is 16.5. The molecule has 2 saturated heterocycles. The molecule has 8 rings (SSSR count). The first kappa shape index (κ1) is 31.0. The van der Waals surface area contributed by atoms with Crippen LogP contribution in [0.25, 0.3) is 33.3 Å². The number of methoxy groups -OCH3 is 2. The van der Waals surface area contributed by atoms with Crippen LogP contribution in [0.2, 0.25) is 0 Å². The molecule has 1 spiro atoms. The zero-order chi connectivity index (χ0) is 33.9. The number of amides is 1. The lowest BCUT2D eigenvalue weighted by molar-refractivity contribution is -0.00799. The fraction of sp³-hybridized carbons (Fsp3) is 0.405. The molecule has 3 aromatic heterocycles. The number of likely N-dealkylation sites (tertiary alicyclic amines) is 1. The highest BCUT2D eigenvalue weighted by Crippen LogP contribution is 2.42. The van der Waals surface area contributed by atoms with Crippen LogP contribution >= 0.6 is 0 Å². The second-order valence-corrected chi connectivity index (χ2v) is 13.7. The summed E-state index contributed by atoms with van der Waals surface area (Å²) in [4.78, 5) is 60.8. The van der Waals surface area contributed by atoms with Gasteiger partial charge in [-0.3, -0.25) is 19.0 Å². The summed E-state index contributed by atoms with van der Waals surface area (Å²) >= 11 is 0. The number of ether oxygens (including phenoxy) is 2. The molecule has 3 fully saturated rings. The highest BCUT2D eigenvalue weighted by molar-refractivity contribution is 5.95. The molecular formula is C37H39N7O5. The number of anilines is 1. The van der Waals surface area contributed by atoms with Crippen LogP contribution in [-0.2, 0) is 0 Å². The van der Waals surface area contributed by atoms with Gasteiger partial charge in [0, 0.05) is 78.5 Å². The SMILES string of the molecule is COc1cc(OC)c2c(=O)[nH]c(-c3ccc(C(=O)N4CC5(CCN(c6ncc7c(C)cc(=O)n(C8CCCC8)c7n6)CC5)C4)cc3)nc2c1. The predicted octanol–water partition coefficient (Wildman–Crippen LogP) is 4.88. The fourth-order valence-electron chi connectivity index (χ4n) is 7.91. The van der Waals surface area contributed by atoms with E-state index in [1.165, 1.54) is 7.11 Å². The number of hydrogen-bond donors (Lipinski definition) is 1. The third-order valence-electron chi connectivity index (χ3n) is 10.7. The van der Waals surface area contributed by atoms with Crippen molar-refractivity contribution in [3.63, 3.8) is 0 Å². The van der Waals surface area contributed by atoms with Crippen molar-refractivity contribution < 1.29 is 14.3 Å². The van der Waals surface area contributed by atoms with Crippen LogP contribution in [0.5, 0.6) is 11.5 Å². The Morgan fingerprint density at radius 1 is 0.959 bits per heavy atom. The van der Waals surface area contributed by atoms with Gasteiger partial charge in [0.15, 0.2) is 0 Å². The number of benzene rings is 2. The summed E-state index contributed by atoms with van der Waals surface area (Å²) in [7, 11) is 3.05. The van der Waals surface area contributed by atoms with Crippen molar-refractivity contribution in [3.05, 3.63) is 80.5 Å². The molecule has 0 unspecified atom stereocenters. The van der Waals surface area contributed by atoms with E-state index in [1.807, 2.05) is 22.6 Å². The number of aromatic amines is 1. The van der Waals surface area contributed by atoms with Crippen LogP contribution in [0.1, 0.15) is 60.5 Å². The van der Waals surface area contributed by atoms with E-state index in [4.69, 9.17) is 19.4 Å². The average molecular weight is 662 g/mol. The van der Waals surface area contributed by atoms with Crippen LogP contribution in [-0.4, -0.2) is 75.7 Å². The summed E-state index contributed by atoms with van der Waals surface area (Å²) in [5.74, 6) is 1.99. The largest absolute Gasteiger partial charge is 0.497 e. The normalized spacial score (nSPS) is 17.5. The first-order valence-electron chi connectivity index (χ1n) is 17.0. The molecule has 49 heavy (non-hydrogen) atoms. The number of carbonyl (C=O) groups is 1. The molecule has 12 heteroatoms. The third-order valence-corrected chi connectivity index (χ3v) is 10.7. The molecule has 0 bridgehead atoms. The average Bonchev–Trinajstić information content (AvgIpc) is 3.64. The number of H-pyrrole nitrogens is 1. The van der Waals surface area contributed by atoms with Gasteiger partial charge in [-0.15, -0.1) is 0 Å². The lowest BCUT2D eigenvalue weighted by Gasteiger charge is -2.54. The predicted molar refractivity (Wildman–Crippen MR) is 187 cm³/mol. The summed E-state index contributed by atoms with van der Waals surface area (Å²) in [6, 6.07) is 12.4. The molecule has 1 N–H and O–H groups in total. The number of aromatic nitrogens is 5. The second-order valence-electron chi connectivity index (χ2n) is 13.7. The van der Waals surface area contributed by atoms with Crippen LogP contribution in [0.3, 0.4) is 0 Å². The number of piperidine rings is 1. The molecule has 3 aliphatic rings. The van der Waals surface area contributed by atoms with Crippen LogP contribution < -0.4 is 25.5 Å². The molecule has 1 saturated carbocycles. The smallest absolute Gasteiger partial charge is 0.262 e. The van der Waals surface area contributed by atoms with Crippen molar-refractivity contribution in [2.45, 2.75) is 51.5 Å². The van der Waals surface area contributed by atoms with Crippen molar-refractivity contribution in [1.82, 2.24) is 29.4 Å². The topological polar surface area (TPSA) is 136 Å². The van der Waals surface area contributed by atoms with Crippen molar-refractivity contribution in [3.8, 4) is 22.9 Å². The van der Waals surface area contributed by atoms with Crippen molar-refractivity contribution in [1.29, 1.82) is 0 Å². The second kappa shape index (κ2) is 12.0. The number of nitrogens with zero attached hydrogens (tertiary/aromatic N) is 6. The van der Waals surface area contributed by atoms with E-state index in [9.17, 15) is 14.4 Å². The molecule has 1 aliphatic carbocycles. The molecule has 5 heterocycles. The molecule has 12 nitrogen and oxygen atoms in total. The van der Waals surface area contributed by atoms with Gasteiger partial charge in [0.25, 0.3) is 17.0 Å². The number of pyridine rings is 1. The van der Waals surface area contributed by atoms with Gasteiger partial charge < -0.3 is 24.3 Å². The van der Waals surface area contributed by atoms with Gasteiger partial charge in [0.05, 0.1) is 19.7 Å². The number of carbonyl (C=O) groups excluding carboxylic acids is 1. The number of nitrogens with one attached hydrogen (secondary N) is 1. The van der Waals surface area contributed by atoms with Gasteiger partial charge in [-0.2, -0.15) is 4.98 Å². The Morgan fingerprint density at radius 2 is 1.69 bits per heavy atom. The van der Waals surface area contributed by atoms with E-state index >= 15 is 0 Å². The van der Waals surface area contributed by atoms with Crippen LogP contribution in [0, 0.1) is 12.3 Å². The van der Waals surface area contributed by atoms with E-state index in [2.05, 4.69) is 14.9 Å².